The molecule has 32 heavy (non-hydrogen) atoms. The maximum atomic E-state index is 12.5. The normalized spacial score (nSPS) is 16.8. The molecule has 3 aromatic rings. The average molecular weight is 432 g/mol. The number of para-hydroxylation sites is 2. The van der Waals surface area contributed by atoms with Gasteiger partial charge in [0.25, 0.3) is 0 Å². The summed E-state index contributed by atoms with van der Waals surface area (Å²) in [6, 6.07) is 18.0. The molecule has 2 aromatic carbocycles. The van der Waals surface area contributed by atoms with Crippen LogP contribution in [0.3, 0.4) is 0 Å². The smallest absolute Gasteiger partial charge is 0.410 e. The Labute approximate surface area is 188 Å². The van der Waals surface area contributed by atoms with Crippen LogP contribution in [0.5, 0.6) is 0 Å². The average Bonchev–Trinajstić information content (AvgIpc) is 3.11. The first-order chi connectivity index (χ1) is 15.2. The topological polar surface area (TPSA) is 74.4 Å². The molecule has 1 amide bonds. The number of benzene rings is 2. The summed E-state index contributed by atoms with van der Waals surface area (Å²) in [6.07, 6.45) is -0.268. The minimum atomic E-state index is -0.507. The molecule has 0 aliphatic carbocycles. The molecule has 1 saturated heterocycles. The number of amides is 1. The first-order valence-corrected chi connectivity index (χ1v) is 10.9. The van der Waals surface area contributed by atoms with Crippen LogP contribution in [0.15, 0.2) is 48.5 Å². The third-order valence-corrected chi connectivity index (χ3v) is 5.59. The van der Waals surface area contributed by atoms with Crippen LogP contribution >= 0.6 is 0 Å². The first kappa shape index (κ1) is 21.7. The SMILES string of the molecule is C[C@H]1CN(C(=O)OC(C)(C)C)CCN1c1nc2ccccc2n1Cc1ccc(C#N)cc1. The number of fused-ring (bicyclic) bond motifs is 1. The summed E-state index contributed by atoms with van der Waals surface area (Å²) in [4.78, 5) is 21.5. The van der Waals surface area contributed by atoms with E-state index in [9.17, 15) is 4.79 Å². The second kappa shape index (κ2) is 8.54. The van der Waals surface area contributed by atoms with Gasteiger partial charge in [-0.2, -0.15) is 5.26 Å². The number of ether oxygens (including phenoxy) is 1. The molecule has 0 unspecified atom stereocenters. The number of rotatable bonds is 3. The fourth-order valence-corrected chi connectivity index (χ4v) is 4.05. The fourth-order valence-electron chi connectivity index (χ4n) is 4.05. The highest BCUT2D eigenvalue weighted by molar-refractivity contribution is 5.79. The van der Waals surface area contributed by atoms with Crippen LogP contribution in [0.1, 0.15) is 38.8 Å². The Balaban J connectivity index is 1.61. The van der Waals surface area contributed by atoms with Crippen LogP contribution in [0.4, 0.5) is 10.7 Å². The van der Waals surface area contributed by atoms with Crippen molar-refractivity contribution >= 4 is 23.1 Å². The Kier molecular flexibility index (Phi) is 5.79. The number of imidazole rings is 1. The molecule has 0 N–H and O–H groups in total. The van der Waals surface area contributed by atoms with E-state index < -0.39 is 5.60 Å². The van der Waals surface area contributed by atoms with Gasteiger partial charge in [0.1, 0.15) is 5.60 Å². The van der Waals surface area contributed by atoms with Crippen LogP contribution < -0.4 is 4.90 Å². The lowest BCUT2D eigenvalue weighted by Gasteiger charge is -2.40. The van der Waals surface area contributed by atoms with E-state index in [2.05, 4.69) is 28.5 Å². The highest BCUT2D eigenvalue weighted by Gasteiger charge is 2.32. The number of nitrogens with zero attached hydrogens (tertiary/aromatic N) is 5. The van der Waals surface area contributed by atoms with Crippen LogP contribution in [-0.4, -0.2) is 51.8 Å². The molecule has 0 radical (unpaired) electrons. The summed E-state index contributed by atoms with van der Waals surface area (Å²) < 4.78 is 7.78. The van der Waals surface area contributed by atoms with Crippen molar-refractivity contribution in [2.24, 2.45) is 0 Å². The summed E-state index contributed by atoms with van der Waals surface area (Å²) >= 11 is 0. The van der Waals surface area contributed by atoms with E-state index in [4.69, 9.17) is 15.0 Å². The second-order valence-electron chi connectivity index (χ2n) is 9.26. The lowest BCUT2D eigenvalue weighted by Crippen LogP contribution is -2.55. The number of nitriles is 1. The highest BCUT2D eigenvalue weighted by atomic mass is 16.6. The van der Waals surface area contributed by atoms with E-state index >= 15 is 0 Å². The van der Waals surface area contributed by atoms with Gasteiger partial charge < -0.3 is 19.1 Å². The monoisotopic (exact) mass is 431 g/mol. The molecular formula is C25H29N5O2. The van der Waals surface area contributed by atoms with Crippen LogP contribution in [0, 0.1) is 11.3 Å². The van der Waals surface area contributed by atoms with Gasteiger partial charge in [-0.25, -0.2) is 9.78 Å². The van der Waals surface area contributed by atoms with Crippen LogP contribution in [-0.2, 0) is 11.3 Å². The number of piperazine rings is 1. The van der Waals surface area contributed by atoms with Gasteiger partial charge in [-0.05, 0) is 57.5 Å². The molecule has 0 bridgehead atoms. The predicted octanol–water partition coefficient (Wildman–Crippen LogP) is 4.40. The van der Waals surface area contributed by atoms with Gasteiger partial charge in [0, 0.05) is 25.7 Å². The van der Waals surface area contributed by atoms with Crippen molar-refractivity contribution in [1.82, 2.24) is 14.5 Å². The second-order valence-corrected chi connectivity index (χ2v) is 9.26. The van der Waals surface area contributed by atoms with E-state index in [0.717, 1.165) is 22.5 Å². The van der Waals surface area contributed by atoms with Crippen molar-refractivity contribution in [2.45, 2.75) is 45.9 Å². The van der Waals surface area contributed by atoms with Gasteiger partial charge >= 0.3 is 6.09 Å². The van der Waals surface area contributed by atoms with Crippen molar-refractivity contribution in [1.29, 1.82) is 5.26 Å². The van der Waals surface area contributed by atoms with Gasteiger partial charge in [0.15, 0.2) is 0 Å². The van der Waals surface area contributed by atoms with Gasteiger partial charge in [-0.1, -0.05) is 24.3 Å². The summed E-state index contributed by atoms with van der Waals surface area (Å²) in [5.41, 5.74) is 3.25. The molecule has 0 spiro atoms. The van der Waals surface area contributed by atoms with Crippen molar-refractivity contribution in [3.05, 3.63) is 59.7 Å². The van der Waals surface area contributed by atoms with Crippen molar-refractivity contribution < 1.29 is 9.53 Å². The number of hydrogen-bond acceptors (Lipinski definition) is 5. The van der Waals surface area contributed by atoms with Gasteiger partial charge in [0.2, 0.25) is 5.95 Å². The lowest BCUT2D eigenvalue weighted by molar-refractivity contribution is 0.0218. The summed E-state index contributed by atoms with van der Waals surface area (Å²) in [6.45, 7) is 10.3. The molecule has 1 fully saturated rings. The zero-order valence-corrected chi connectivity index (χ0v) is 19.1. The first-order valence-electron chi connectivity index (χ1n) is 10.9. The molecule has 7 nitrogen and oxygen atoms in total. The van der Waals surface area contributed by atoms with Crippen LogP contribution in [0.2, 0.25) is 0 Å². The third kappa shape index (κ3) is 4.54. The highest BCUT2D eigenvalue weighted by Crippen LogP contribution is 2.27. The van der Waals surface area contributed by atoms with Gasteiger partial charge in [-0.15, -0.1) is 0 Å². The number of anilines is 1. The fraction of sp³-hybridized carbons (Fsp3) is 0.400. The van der Waals surface area contributed by atoms with Gasteiger partial charge in [0.05, 0.1) is 29.2 Å². The quantitative estimate of drug-likeness (QED) is 0.614. The Bertz CT molecular complexity index is 1150. The minimum absolute atomic E-state index is 0.0906. The van der Waals surface area contributed by atoms with Crippen molar-refractivity contribution in [3.63, 3.8) is 0 Å². The molecule has 0 saturated carbocycles. The third-order valence-electron chi connectivity index (χ3n) is 5.59. The van der Waals surface area contributed by atoms with E-state index in [-0.39, 0.29) is 12.1 Å². The number of carbonyl (C=O) groups is 1. The molecule has 1 aromatic heterocycles. The molecule has 1 aliphatic rings. The molecule has 7 heteroatoms. The van der Waals surface area contributed by atoms with E-state index in [1.807, 2.05) is 63.2 Å². The Morgan fingerprint density at radius 3 is 2.53 bits per heavy atom. The van der Waals surface area contributed by atoms with E-state index in [1.54, 1.807) is 4.90 Å². The Morgan fingerprint density at radius 2 is 1.88 bits per heavy atom. The molecule has 2 heterocycles. The largest absolute Gasteiger partial charge is 0.444 e. The number of carbonyl (C=O) groups excluding carboxylic acids is 1. The summed E-state index contributed by atoms with van der Waals surface area (Å²) in [5, 5.41) is 9.08. The number of aromatic nitrogens is 2. The van der Waals surface area contributed by atoms with E-state index in [1.165, 1.54) is 0 Å². The maximum absolute atomic E-state index is 12.5. The van der Waals surface area contributed by atoms with E-state index in [0.29, 0.717) is 31.7 Å². The Hall–Kier alpha value is -3.53. The number of hydrogen-bond donors (Lipinski definition) is 0. The van der Waals surface area contributed by atoms with Gasteiger partial charge in [-0.3, -0.25) is 0 Å². The molecule has 1 atom stereocenters. The standard InChI is InChI=1S/C25H29N5O2/c1-18-16-28(24(31)32-25(2,3)4)13-14-29(18)23-27-21-7-5-6-8-22(21)30(23)17-20-11-9-19(15-26)10-12-20/h5-12,18H,13-14,16-17H2,1-4H3/t18-/m0/s1. The lowest BCUT2D eigenvalue weighted by atomic mass is 10.1. The minimum Gasteiger partial charge on any atom is -0.444 e. The molecular weight excluding hydrogens is 402 g/mol. The maximum Gasteiger partial charge on any atom is 0.410 e. The molecule has 1 aliphatic heterocycles. The van der Waals surface area contributed by atoms with Crippen LogP contribution in [0.25, 0.3) is 11.0 Å². The zero-order chi connectivity index (χ0) is 22.9. The van der Waals surface area contributed by atoms with Crippen molar-refractivity contribution in [3.8, 4) is 6.07 Å². The van der Waals surface area contributed by atoms with Crippen molar-refractivity contribution in [2.75, 3.05) is 24.5 Å². The molecule has 4 rings (SSSR count). The molecule has 166 valence electrons. The zero-order valence-electron chi connectivity index (χ0n) is 19.1. The summed E-state index contributed by atoms with van der Waals surface area (Å²) in [7, 11) is 0. The summed E-state index contributed by atoms with van der Waals surface area (Å²) in [5.74, 6) is 0.895. The Morgan fingerprint density at radius 1 is 1.16 bits per heavy atom. The predicted molar refractivity (Wildman–Crippen MR) is 125 cm³/mol.